The van der Waals surface area contributed by atoms with Crippen molar-refractivity contribution in [3.05, 3.63) is 104 Å². The average molecular weight is 583 g/mol. The Hall–Kier alpha value is -2.93. The van der Waals surface area contributed by atoms with E-state index in [-0.39, 0.29) is 70.4 Å². The van der Waals surface area contributed by atoms with Crippen LogP contribution in [0.1, 0.15) is 16.7 Å². The zero-order valence-corrected chi connectivity index (χ0v) is 26.7. The Kier molecular flexibility index (Phi) is 10.8. The Bertz CT molecular complexity index is 1590. The van der Waals surface area contributed by atoms with Crippen LogP contribution in [0.5, 0.6) is 11.5 Å². The largest absolute Gasteiger partial charge is 1.00 e. The molecule has 2 heterocycles. The van der Waals surface area contributed by atoms with Crippen molar-refractivity contribution >= 4 is 5.91 Å². The van der Waals surface area contributed by atoms with Gasteiger partial charge in [0.15, 0.2) is 12.3 Å². The summed E-state index contributed by atoms with van der Waals surface area (Å²) < 4.78 is 17.4. The summed E-state index contributed by atoms with van der Waals surface area (Å²) in [4.78, 5) is 42.4. The molecule has 1 aromatic heterocycles. The molecule has 1 saturated heterocycles. The van der Waals surface area contributed by atoms with Gasteiger partial charge >= 0.3 is 57.1 Å². The molecule has 41 heavy (non-hydrogen) atoms. The van der Waals surface area contributed by atoms with Crippen LogP contribution < -0.4 is 77.3 Å². The van der Waals surface area contributed by atoms with Crippen LogP contribution in [0.3, 0.4) is 0 Å². The monoisotopic (exact) mass is 582 g/mol. The molecule has 5 rings (SSSR count). The van der Waals surface area contributed by atoms with E-state index in [9.17, 15) is 14.4 Å². The van der Waals surface area contributed by atoms with Gasteiger partial charge in [-0.3, -0.25) is 14.3 Å². The number of likely N-dealkylation sites (N-methyl/N-ethyl adjacent to an activating group) is 1. The third-order valence-electron chi connectivity index (χ3n) is 6.90. The molecule has 4 aromatic rings. The first-order valence-electron chi connectivity index (χ1n) is 13.1. The number of rotatable bonds is 9. The number of amides is 1. The van der Waals surface area contributed by atoms with Crippen LogP contribution in [-0.4, -0.2) is 60.3 Å². The Labute approximate surface area is 280 Å². The molecule has 0 unspecified atom stereocenters. The fourth-order valence-corrected chi connectivity index (χ4v) is 4.58. The van der Waals surface area contributed by atoms with E-state index in [0.717, 1.165) is 58.7 Å². The van der Waals surface area contributed by atoms with Gasteiger partial charge < -0.3 is 28.8 Å². The zero-order chi connectivity index (χ0) is 28.1. The van der Waals surface area contributed by atoms with Gasteiger partial charge in [0.05, 0.1) is 0 Å². The van der Waals surface area contributed by atoms with Gasteiger partial charge in [-0.05, 0) is 72.1 Å². The molecule has 1 aliphatic heterocycles. The number of piperazine rings is 1. The van der Waals surface area contributed by atoms with Gasteiger partial charge in [-0.25, -0.2) is 4.79 Å². The van der Waals surface area contributed by atoms with Crippen LogP contribution in [0.2, 0.25) is 0 Å². The number of ether oxygens (including phenoxy) is 2. The van der Waals surface area contributed by atoms with Crippen LogP contribution in [0.15, 0.2) is 80.8 Å². The molecule has 0 radical (unpaired) electrons. The van der Waals surface area contributed by atoms with Crippen LogP contribution in [0.4, 0.5) is 0 Å². The number of carbonyl (C=O) groups excluding carboxylic acids is 1. The molecule has 0 N–H and O–H groups in total. The Morgan fingerprint density at radius 3 is 2.32 bits per heavy atom. The van der Waals surface area contributed by atoms with Crippen LogP contribution in [0.25, 0.3) is 11.1 Å². The molecule has 0 bridgehead atoms. The van der Waals surface area contributed by atoms with Gasteiger partial charge in [-0.2, -0.15) is 0 Å². The number of carbonyl (C=O) groups is 1. The summed E-state index contributed by atoms with van der Waals surface area (Å²) in [6.07, 6.45) is 0. The number of nitrogens with zero attached hydrogens (tertiary/aromatic N) is 4. The Morgan fingerprint density at radius 1 is 0.902 bits per heavy atom. The molecule has 0 spiro atoms. The summed E-state index contributed by atoms with van der Waals surface area (Å²) in [7, 11) is 2.06. The minimum absolute atomic E-state index is 0. The summed E-state index contributed by atoms with van der Waals surface area (Å²) in [5, 5.41) is 0. The first kappa shape index (κ1) is 31.0. The van der Waals surface area contributed by atoms with Gasteiger partial charge in [-0.15, -0.1) is 0 Å². The molecule has 3 aromatic carbocycles. The smallest absolute Gasteiger partial charge is 0.489 e. The van der Waals surface area contributed by atoms with E-state index in [2.05, 4.69) is 29.1 Å². The number of benzene rings is 3. The maximum Gasteiger partial charge on any atom is 1.00 e. The molecular formula is C30H31KN4O6. The Morgan fingerprint density at radius 2 is 1.63 bits per heavy atom. The summed E-state index contributed by atoms with van der Waals surface area (Å²) in [5.74, 6) is 0.459. The molecular weight excluding hydrogens is 551 g/mol. The van der Waals surface area contributed by atoms with E-state index >= 15 is 0 Å². The molecule has 1 amide bonds. The molecule has 0 saturated carbocycles. The van der Waals surface area contributed by atoms with Crippen LogP contribution in [-0.2, 0) is 17.9 Å². The molecule has 1 fully saturated rings. The summed E-state index contributed by atoms with van der Waals surface area (Å²) in [6, 6.07) is 21.2. The van der Waals surface area contributed by atoms with Crippen molar-refractivity contribution in [1.29, 1.82) is 0 Å². The second kappa shape index (κ2) is 14.3. The topological polar surface area (TPSA) is 108 Å². The number of aryl methyl sites for hydroxylation is 1. The van der Waals surface area contributed by atoms with Crippen molar-refractivity contribution in [1.82, 2.24) is 19.5 Å². The quantitative estimate of drug-likeness (QED) is 0.244. The van der Waals surface area contributed by atoms with E-state index in [1.54, 1.807) is 24.3 Å². The summed E-state index contributed by atoms with van der Waals surface area (Å²) >= 11 is 0. The Balaban J connectivity index is 0.00000387. The van der Waals surface area contributed by atoms with Crippen molar-refractivity contribution < 1.29 is 70.2 Å². The standard InChI is InChI=1S/C30H32N4O6.K/c1-21-16-26(39-20-28(35)33-14-12-32(2)13-15-33)10-11-27(21)24-5-3-4-23(17-24)19-38-25-8-6-22(7-9-25)18-34-29(36)31-30(37)40-34;/h3-11,16-17H,12-15,18-20H2,1-2H3,(H,31,36,37);/q;+1/p-1. The van der Waals surface area contributed by atoms with Gasteiger partial charge in [0.2, 0.25) is 0 Å². The SMILES string of the molecule is Cc1cc(OCC(=O)N2CCN(C)CC2)ccc1-c1cccc(COc2ccc(Cn3oc(=O)[n-]c3=O)cc2)c1.[K+]. The molecule has 11 heteroatoms. The zero-order valence-electron chi connectivity index (χ0n) is 23.5. The van der Waals surface area contributed by atoms with Crippen molar-refractivity contribution in [2.75, 3.05) is 39.8 Å². The van der Waals surface area contributed by atoms with E-state index in [0.29, 0.717) is 18.1 Å². The van der Waals surface area contributed by atoms with E-state index in [4.69, 9.17) is 14.0 Å². The average Bonchev–Trinajstić information content (AvgIpc) is 3.27. The fraction of sp³-hybridized carbons (Fsp3) is 0.300. The van der Waals surface area contributed by atoms with E-state index < -0.39 is 11.4 Å². The minimum atomic E-state index is -0.903. The molecule has 0 aliphatic carbocycles. The second-order valence-corrected chi connectivity index (χ2v) is 9.87. The summed E-state index contributed by atoms with van der Waals surface area (Å²) in [5.41, 5.74) is 4.26. The molecule has 1 aliphatic rings. The van der Waals surface area contributed by atoms with Crippen molar-refractivity contribution in [2.24, 2.45) is 0 Å². The first-order chi connectivity index (χ1) is 19.3. The minimum Gasteiger partial charge on any atom is -0.489 e. The van der Waals surface area contributed by atoms with Gasteiger partial charge in [0.25, 0.3) is 5.91 Å². The second-order valence-electron chi connectivity index (χ2n) is 9.87. The molecule has 0 atom stereocenters. The number of hydrogen-bond donors (Lipinski definition) is 0. The van der Waals surface area contributed by atoms with Crippen LogP contribution >= 0.6 is 0 Å². The van der Waals surface area contributed by atoms with E-state index in [1.165, 1.54) is 0 Å². The normalized spacial score (nSPS) is 13.5. The maximum atomic E-state index is 12.5. The van der Waals surface area contributed by atoms with Crippen LogP contribution in [0, 0.1) is 6.92 Å². The van der Waals surface area contributed by atoms with Gasteiger partial charge in [-0.1, -0.05) is 36.4 Å². The predicted molar refractivity (Wildman–Crippen MR) is 149 cm³/mol. The summed E-state index contributed by atoms with van der Waals surface area (Å²) in [6.45, 7) is 5.80. The third kappa shape index (κ3) is 8.31. The van der Waals surface area contributed by atoms with Crippen molar-refractivity contribution in [3.8, 4) is 22.6 Å². The maximum absolute atomic E-state index is 12.5. The van der Waals surface area contributed by atoms with Gasteiger partial charge in [0, 0.05) is 32.7 Å². The predicted octanol–water partition coefficient (Wildman–Crippen LogP) is -0.482. The van der Waals surface area contributed by atoms with E-state index in [1.807, 2.05) is 42.2 Å². The van der Waals surface area contributed by atoms with Crippen molar-refractivity contribution in [3.63, 3.8) is 0 Å². The number of aromatic nitrogens is 2. The van der Waals surface area contributed by atoms with Crippen molar-refractivity contribution in [2.45, 2.75) is 20.1 Å². The fourth-order valence-electron chi connectivity index (χ4n) is 4.58. The first-order valence-corrected chi connectivity index (χ1v) is 13.1. The van der Waals surface area contributed by atoms with Gasteiger partial charge in [0.1, 0.15) is 18.1 Å². The third-order valence-corrected chi connectivity index (χ3v) is 6.90. The number of hydrogen-bond acceptors (Lipinski definition) is 7. The molecule has 208 valence electrons. The molecule has 10 nitrogen and oxygen atoms in total.